The fourth-order valence-electron chi connectivity index (χ4n) is 2.34. The molecule has 1 N–H and O–H groups in total. The van der Waals surface area contributed by atoms with Gasteiger partial charge in [0.2, 0.25) is 0 Å². The summed E-state index contributed by atoms with van der Waals surface area (Å²) in [5.41, 5.74) is 2.60. The second-order valence-electron chi connectivity index (χ2n) is 5.29. The number of hydrogen-bond donors (Lipinski definition) is 1. The molecule has 2 aromatic carbocycles. The quantitative estimate of drug-likeness (QED) is 0.831. The van der Waals surface area contributed by atoms with E-state index in [1.807, 2.05) is 24.3 Å². The van der Waals surface area contributed by atoms with Gasteiger partial charge in [-0.2, -0.15) is 0 Å². The molecule has 1 unspecified atom stereocenters. The zero-order valence-corrected chi connectivity index (χ0v) is 13.4. The lowest BCUT2D eigenvalue weighted by Gasteiger charge is -2.14. The van der Waals surface area contributed by atoms with Crippen LogP contribution in [0.1, 0.15) is 18.1 Å². The molecular formula is C18H22ClNO. The monoisotopic (exact) mass is 303 g/mol. The highest BCUT2D eigenvalue weighted by atomic mass is 35.5. The number of benzene rings is 2. The molecule has 2 nitrogen and oxygen atoms in total. The average Bonchev–Trinajstić information content (AvgIpc) is 2.50. The molecule has 0 fully saturated rings. The number of hydrogen-bond acceptors (Lipinski definition) is 2. The third-order valence-corrected chi connectivity index (χ3v) is 3.75. The third-order valence-electron chi connectivity index (χ3n) is 3.50. The summed E-state index contributed by atoms with van der Waals surface area (Å²) in [6.45, 7) is 3.17. The van der Waals surface area contributed by atoms with Gasteiger partial charge in [-0.25, -0.2) is 0 Å². The van der Waals surface area contributed by atoms with E-state index >= 15 is 0 Å². The first-order valence-corrected chi connectivity index (χ1v) is 7.66. The number of methoxy groups -OCH3 is 1. The number of ether oxygens (including phenoxy) is 1. The molecule has 21 heavy (non-hydrogen) atoms. The molecule has 0 bridgehead atoms. The van der Waals surface area contributed by atoms with Crippen molar-refractivity contribution in [2.75, 3.05) is 13.7 Å². The van der Waals surface area contributed by atoms with E-state index in [1.54, 1.807) is 7.11 Å². The van der Waals surface area contributed by atoms with Crippen LogP contribution in [0, 0.1) is 0 Å². The van der Waals surface area contributed by atoms with Crippen LogP contribution in [0.5, 0.6) is 5.75 Å². The lowest BCUT2D eigenvalue weighted by molar-refractivity contribution is 0.414. The minimum absolute atomic E-state index is 0.441. The Hall–Kier alpha value is -1.51. The smallest absolute Gasteiger partial charge is 0.119 e. The molecule has 0 aliphatic rings. The Morgan fingerprint density at radius 1 is 1.10 bits per heavy atom. The molecule has 3 heteroatoms. The molecule has 2 aromatic rings. The first-order valence-electron chi connectivity index (χ1n) is 7.28. The molecule has 112 valence electrons. The highest BCUT2D eigenvalue weighted by Crippen LogP contribution is 2.13. The zero-order valence-electron chi connectivity index (χ0n) is 12.6. The van der Waals surface area contributed by atoms with Crippen molar-refractivity contribution in [1.82, 2.24) is 5.32 Å². The lowest BCUT2D eigenvalue weighted by atomic mass is 10.1. The number of nitrogens with one attached hydrogen (secondary N) is 1. The van der Waals surface area contributed by atoms with Gasteiger partial charge in [0.15, 0.2) is 0 Å². The Kier molecular flexibility index (Phi) is 6.09. The van der Waals surface area contributed by atoms with E-state index in [2.05, 4.69) is 36.5 Å². The molecule has 0 aliphatic heterocycles. The van der Waals surface area contributed by atoms with Gasteiger partial charge in [-0.1, -0.05) is 35.9 Å². The van der Waals surface area contributed by atoms with E-state index in [0.717, 1.165) is 30.2 Å². The summed E-state index contributed by atoms with van der Waals surface area (Å²) in [6.07, 6.45) is 2.01. The zero-order chi connectivity index (χ0) is 15.1. The van der Waals surface area contributed by atoms with Crippen molar-refractivity contribution in [2.45, 2.75) is 25.8 Å². The molecule has 0 aromatic heterocycles. The summed E-state index contributed by atoms with van der Waals surface area (Å²) in [6, 6.07) is 16.7. The molecular weight excluding hydrogens is 282 g/mol. The maximum atomic E-state index is 5.90. The van der Waals surface area contributed by atoms with E-state index in [0.29, 0.717) is 6.04 Å². The van der Waals surface area contributed by atoms with Crippen molar-refractivity contribution in [1.29, 1.82) is 0 Å². The molecule has 2 rings (SSSR count). The van der Waals surface area contributed by atoms with Gasteiger partial charge >= 0.3 is 0 Å². The predicted octanol–water partition coefficient (Wildman–Crippen LogP) is 4.11. The minimum Gasteiger partial charge on any atom is -0.497 e. The fourth-order valence-corrected chi connectivity index (χ4v) is 2.46. The highest BCUT2D eigenvalue weighted by molar-refractivity contribution is 6.30. The van der Waals surface area contributed by atoms with Crippen LogP contribution in [0.15, 0.2) is 48.5 Å². The Bertz CT molecular complexity index is 553. The molecule has 0 amide bonds. The summed E-state index contributed by atoms with van der Waals surface area (Å²) >= 11 is 5.90. The first-order chi connectivity index (χ1) is 10.2. The van der Waals surface area contributed by atoms with Crippen LogP contribution in [0.4, 0.5) is 0 Å². The van der Waals surface area contributed by atoms with Crippen LogP contribution < -0.4 is 10.1 Å². The van der Waals surface area contributed by atoms with Gasteiger partial charge in [-0.3, -0.25) is 0 Å². The minimum atomic E-state index is 0.441. The van der Waals surface area contributed by atoms with E-state index in [1.165, 1.54) is 11.1 Å². The van der Waals surface area contributed by atoms with Crippen LogP contribution in [-0.4, -0.2) is 19.7 Å². The topological polar surface area (TPSA) is 21.3 Å². The molecule has 0 saturated carbocycles. The van der Waals surface area contributed by atoms with Crippen molar-refractivity contribution in [3.63, 3.8) is 0 Å². The van der Waals surface area contributed by atoms with E-state index in [4.69, 9.17) is 16.3 Å². The normalized spacial score (nSPS) is 12.1. The number of halogens is 1. The molecule has 0 saturated heterocycles. The Labute approximate surface area is 132 Å². The third kappa shape index (κ3) is 5.41. The fraction of sp³-hybridized carbons (Fsp3) is 0.333. The molecule has 0 radical (unpaired) electrons. The lowest BCUT2D eigenvalue weighted by Crippen LogP contribution is -2.29. The molecule has 0 heterocycles. The van der Waals surface area contributed by atoms with Crippen molar-refractivity contribution in [3.05, 3.63) is 64.7 Å². The molecule has 0 aliphatic carbocycles. The Morgan fingerprint density at radius 3 is 2.57 bits per heavy atom. The van der Waals surface area contributed by atoms with Crippen LogP contribution in [0.2, 0.25) is 5.02 Å². The summed E-state index contributed by atoms with van der Waals surface area (Å²) in [5.74, 6) is 0.918. The van der Waals surface area contributed by atoms with Gasteiger partial charge in [0.25, 0.3) is 0 Å². The summed E-state index contributed by atoms with van der Waals surface area (Å²) < 4.78 is 5.24. The van der Waals surface area contributed by atoms with Gasteiger partial charge in [0.05, 0.1) is 7.11 Å². The average molecular weight is 304 g/mol. The van der Waals surface area contributed by atoms with Crippen molar-refractivity contribution >= 4 is 11.6 Å². The second kappa shape index (κ2) is 8.06. The van der Waals surface area contributed by atoms with Crippen molar-refractivity contribution in [2.24, 2.45) is 0 Å². The Morgan fingerprint density at radius 2 is 1.86 bits per heavy atom. The predicted molar refractivity (Wildman–Crippen MR) is 89.3 cm³/mol. The maximum absolute atomic E-state index is 5.90. The molecule has 0 spiro atoms. The maximum Gasteiger partial charge on any atom is 0.119 e. The van der Waals surface area contributed by atoms with Gasteiger partial charge in [0.1, 0.15) is 5.75 Å². The van der Waals surface area contributed by atoms with Gasteiger partial charge in [-0.15, -0.1) is 0 Å². The highest BCUT2D eigenvalue weighted by Gasteiger charge is 2.03. The van der Waals surface area contributed by atoms with Crippen molar-refractivity contribution in [3.8, 4) is 5.75 Å². The van der Waals surface area contributed by atoms with Gasteiger partial charge in [-0.05, 0) is 61.7 Å². The van der Waals surface area contributed by atoms with E-state index < -0.39 is 0 Å². The number of rotatable bonds is 7. The van der Waals surface area contributed by atoms with E-state index in [-0.39, 0.29) is 0 Å². The summed E-state index contributed by atoms with van der Waals surface area (Å²) in [5, 5.41) is 4.35. The standard InChI is InChI=1S/C18H22ClNO/c1-14(12-16-6-8-17(19)9-7-16)20-11-10-15-4-3-5-18(13-15)21-2/h3-9,13-14,20H,10-12H2,1-2H3. The Balaban J connectivity index is 1.76. The summed E-state index contributed by atoms with van der Waals surface area (Å²) in [4.78, 5) is 0. The van der Waals surface area contributed by atoms with Crippen LogP contribution in [0.3, 0.4) is 0 Å². The van der Waals surface area contributed by atoms with Gasteiger partial charge in [0, 0.05) is 11.1 Å². The van der Waals surface area contributed by atoms with Gasteiger partial charge < -0.3 is 10.1 Å². The molecule has 1 atom stereocenters. The SMILES string of the molecule is COc1cccc(CCNC(C)Cc2ccc(Cl)cc2)c1. The van der Waals surface area contributed by atoms with Crippen LogP contribution in [0.25, 0.3) is 0 Å². The first kappa shape index (κ1) is 15.9. The largest absolute Gasteiger partial charge is 0.497 e. The van der Waals surface area contributed by atoms with Crippen LogP contribution in [-0.2, 0) is 12.8 Å². The van der Waals surface area contributed by atoms with E-state index in [9.17, 15) is 0 Å². The van der Waals surface area contributed by atoms with Crippen molar-refractivity contribution < 1.29 is 4.74 Å². The summed E-state index contributed by atoms with van der Waals surface area (Å²) in [7, 11) is 1.70. The van der Waals surface area contributed by atoms with Crippen LogP contribution >= 0.6 is 11.6 Å². The second-order valence-corrected chi connectivity index (χ2v) is 5.72.